The van der Waals surface area contributed by atoms with E-state index in [1.807, 2.05) is 0 Å². The molecule has 0 saturated carbocycles. The van der Waals surface area contributed by atoms with E-state index < -0.39 is 18.4 Å². The summed E-state index contributed by atoms with van der Waals surface area (Å²) in [6.07, 6.45) is -7.72. The zero-order chi connectivity index (χ0) is 7.65. The SMILES string of the molecule is CC(N)C(F)C(F)(F)F. The number of alkyl halides is 4. The highest BCUT2D eigenvalue weighted by molar-refractivity contribution is 4.74. The first-order chi connectivity index (χ1) is 3.85. The molecule has 0 aromatic carbocycles. The highest BCUT2D eigenvalue weighted by atomic mass is 19.4. The average molecular weight is 145 g/mol. The van der Waals surface area contributed by atoms with Crippen LogP contribution < -0.4 is 5.73 Å². The lowest BCUT2D eigenvalue weighted by Gasteiger charge is -2.14. The molecule has 5 heteroatoms. The molecule has 0 amide bonds. The van der Waals surface area contributed by atoms with Crippen LogP contribution in [0.3, 0.4) is 0 Å². The molecule has 0 rings (SSSR count). The van der Waals surface area contributed by atoms with Crippen molar-refractivity contribution in [1.82, 2.24) is 0 Å². The van der Waals surface area contributed by atoms with Gasteiger partial charge in [0.05, 0.1) is 0 Å². The van der Waals surface area contributed by atoms with Gasteiger partial charge in [-0.1, -0.05) is 0 Å². The Morgan fingerprint density at radius 1 is 1.33 bits per heavy atom. The van der Waals surface area contributed by atoms with Crippen LogP contribution in [0, 0.1) is 0 Å². The van der Waals surface area contributed by atoms with E-state index in [1.165, 1.54) is 0 Å². The molecule has 56 valence electrons. The fourth-order valence-corrected chi connectivity index (χ4v) is 0.298. The van der Waals surface area contributed by atoms with Crippen molar-refractivity contribution in [1.29, 1.82) is 0 Å². The van der Waals surface area contributed by atoms with Crippen molar-refractivity contribution >= 4 is 0 Å². The van der Waals surface area contributed by atoms with Gasteiger partial charge in [0.1, 0.15) is 0 Å². The monoisotopic (exact) mass is 145 g/mol. The molecule has 9 heavy (non-hydrogen) atoms. The van der Waals surface area contributed by atoms with E-state index >= 15 is 0 Å². The predicted molar refractivity (Wildman–Crippen MR) is 24.6 cm³/mol. The minimum absolute atomic E-state index is 0.970. The van der Waals surface area contributed by atoms with Crippen LogP contribution in [0.1, 0.15) is 6.92 Å². The molecule has 0 radical (unpaired) electrons. The summed E-state index contributed by atoms with van der Waals surface area (Å²) >= 11 is 0. The van der Waals surface area contributed by atoms with Gasteiger partial charge in [-0.15, -0.1) is 0 Å². The lowest BCUT2D eigenvalue weighted by molar-refractivity contribution is -0.184. The molecule has 0 aromatic rings. The minimum atomic E-state index is -4.81. The topological polar surface area (TPSA) is 26.0 Å². The van der Waals surface area contributed by atoms with Crippen LogP contribution in [0.5, 0.6) is 0 Å². The normalized spacial score (nSPS) is 19.3. The molecule has 2 atom stereocenters. The molecule has 0 spiro atoms. The molecule has 0 aliphatic rings. The number of nitrogens with two attached hydrogens (primary N) is 1. The molecule has 0 fully saturated rings. The Bertz CT molecular complexity index is 87.1. The maximum Gasteiger partial charge on any atom is 0.421 e. The lowest BCUT2D eigenvalue weighted by Crippen LogP contribution is -2.39. The third-order valence-electron chi connectivity index (χ3n) is 0.774. The van der Waals surface area contributed by atoms with Gasteiger partial charge in [0.15, 0.2) is 0 Å². The van der Waals surface area contributed by atoms with Crippen molar-refractivity contribution in [3.05, 3.63) is 0 Å². The maximum absolute atomic E-state index is 11.8. The Kier molecular flexibility index (Phi) is 2.42. The maximum atomic E-state index is 11.8. The van der Waals surface area contributed by atoms with Crippen molar-refractivity contribution in [2.45, 2.75) is 25.3 Å². The fourth-order valence-electron chi connectivity index (χ4n) is 0.298. The molecule has 0 aliphatic heterocycles. The largest absolute Gasteiger partial charge is 0.421 e. The zero-order valence-corrected chi connectivity index (χ0v) is 4.74. The van der Waals surface area contributed by atoms with E-state index in [-0.39, 0.29) is 0 Å². The summed E-state index contributed by atoms with van der Waals surface area (Å²) in [5.74, 6) is 0. The summed E-state index contributed by atoms with van der Waals surface area (Å²) in [4.78, 5) is 0. The first-order valence-electron chi connectivity index (χ1n) is 2.32. The predicted octanol–water partition coefficient (Wildman–Crippen LogP) is 1.23. The first kappa shape index (κ1) is 8.68. The fraction of sp³-hybridized carbons (Fsp3) is 1.00. The van der Waals surface area contributed by atoms with Crippen LogP contribution in [0.2, 0.25) is 0 Å². The van der Waals surface area contributed by atoms with Gasteiger partial charge in [0.2, 0.25) is 6.17 Å². The number of halogens is 4. The highest BCUT2D eigenvalue weighted by Crippen LogP contribution is 2.24. The van der Waals surface area contributed by atoms with Gasteiger partial charge in [-0.3, -0.25) is 0 Å². The Morgan fingerprint density at radius 2 is 1.67 bits per heavy atom. The van der Waals surface area contributed by atoms with E-state index in [0.29, 0.717) is 0 Å². The van der Waals surface area contributed by atoms with Crippen molar-refractivity contribution < 1.29 is 17.6 Å². The zero-order valence-electron chi connectivity index (χ0n) is 4.74. The average Bonchev–Trinajstić information content (AvgIpc) is 1.62. The van der Waals surface area contributed by atoms with Crippen LogP contribution in [-0.2, 0) is 0 Å². The van der Waals surface area contributed by atoms with Crippen molar-refractivity contribution in [2.24, 2.45) is 5.73 Å². The number of hydrogen-bond acceptors (Lipinski definition) is 1. The van der Waals surface area contributed by atoms with E-state index in [2.05, 4.69) is 5.73 Å². The highest BCUT2D eigenvalue weighted by Gasteiger charge is 2.42. The third kappa shape index (κ3) is 2.64. The summed E-state index contributed by atoms with van der Waals surface area (Å²) in [6, 6.07) is -1.48. The van der Waals surface area contributed by atoms with Crippen LogP contribution in [-0.4, -0.2) is 18.4 Å². The van der Waals surface area contributed by atoms with Crippen LogP contribution in [0.4, 0.5) is 17.6 Å². The lowest BCUT2D eigenvalue weighted by atomic mass is 10.2. The second kappa shape index (κ2) is 2.51. The summed E-state index contributed by atoms with van der Waals surface area (Å²) in [6.45, 7) is 0.970. The molecule has 1 nitrogen and oxygen atoms in total. The molecule has 0 bridgehead atoms. The summed E-state index contributed by atoms with van der Waals surface area (Å²) in [7, 11) is 0. The Balaban J connectivity index is 3.88. The van der Waals surface area contributed by atoms with Crippen LogP contribution >= 0.6 is 0 Å². The first-order valence-corrected chi connectivity index (χ1v) is 2.32. The molecule has 0 saturated heterocycles. The van der Waals surface area contributed by atoms with E-state index in [0.717, 1.165) is 6.92 Å². The number of hydrogen-bond donors (Lipinski definition) is 1. The van der Waals surface area contributed by atoms with Gasteiger partial charge in [0.25, 0.3) is 0 Å². The van der Waals surface area contributed by atoms with Gasteiger partial charge in [-0.25, -0.2) is 4.39 Å². The quantitative estimate of drug-likeness (QED) is 0.552. The van der Waals surface area contributed by atoms with E-state index in [9.17, 15) is 17.6 Å². The molecule has 2 unspecified atom stereocenters. The van der Waals surface area contributed by atoms with Crippen molar-refractivity contribution in [3.63, 3.8) is 0 Å². The van der Waals surface area contributed by atoms with Gasteiger partial charge in [-0.05, 0) is 6.92 Å². The minimum Gasteiger partial charge on any atom is -0.325 e. The van der Waals surface area contributed by atoms with Crippen molar-refractivity contribution in [2.75, 3.05) is 0 Å². The van der Waals surface area contributed by atoms with E-state index in [1.54, 1.807) is 0 Å². The third-order valence-corrected chi connectivity index (χ3v) is 0.774. The summed E-state index contributed by atoms with van der Waals surface area (Å²) in [5.41, 5.74) is 4.63. The van der Waals surface area contributed by atoms with E-state index in [4.69, 9.17) is 0 Å². The van der Waals surface area contributed by atoms with Crippen LogP contribution in [0.15, 0.2) is 0 Å². The van der Waals surface area contributed by atoms with Gasteiger partial charge >= 0.3 is 6.18 Å². The second-order valence-corrected chi connectivity index (χ2v) is 1.80. The molecular formula is C4H7F4N. The molecule has 2 N–H and O–H groups in total. The Labute approximate surface area is 49.8 Å². The summed E-state index contributed by atoms with van der Waals surface area (Å²) in [5, 5.41) is 0. The number of rotatable bonds is 1. The molecular weight excluding hydrogens is 138 g/mol. The standard InChI is InChI=1S/C4H7F4N/c1-2(9)3(5)4(6,7)8/h2-3H,9H2,1H3. The molecule has 0 aromatic heterocycles. The Hall–Kier alpha value is -0.320. The second-order valence-electron chi connectivity index (χ2n) is 1.80. The Morgan fingerprint density at radius 3 is 1.67 bits per heavy atom. The van der Waals surface area contributed by atoms with Gasteiger partial charge in [-0.2, -0.15) is 13.2 Å². The smallest absolute Gasteiger partial charge is 0.325 e. The molecule has 0 aliphatic carbocycles. The van der Waals surface area contributed by atoms with Gasteiger partial charge < -0.3 is 5.73 Å². The van der Waals surface area contributed by atoms with Crippen LogP contribution in [0.25, 0.3) is 0 Å². The van der Waals surface area contributed by atoms with Gasteiger partial charge in [0, 0.05) is 6.04 Å². The van der Waals surface area contributed by atoms with Crippen molar-refractivity contribution in [3.8, 4) is 0 Å². The summed E-state index contributed by atoms with van der Waals surface area (Å²) < 4.78 is 45.5. The molecule has 0 heterocycles.